The van der Waals surface area contributed by atoms with E-state index in [0.29, 0.717) is 34.8 Å². The molecule has 36 heavy (non-hydrogen) atoms. The fourth-order valence-electron chi connectivity index (χ4n) is 4.30. The lowest BCUT2D eigenvalue weighted by molar-refractivity contribution is 0.0702. The number of esters is 1. The van der Waals surface area contributed by atoms with Crippen LogP contribution in [0.5, 0.6) is 17.2 Å². The highest BCUT2D eigenvalue weighted by atomic mass is 16.5. The smallest absolute Gasteiger partial charge is 0.379 e. The predicted octanol–water partition coefficient (Wildman–Crippen LogP) is 5.74. The van der Waals surface area contributed by atoms with Crippen LogP contribution in [0.25, 0.3) is 11.0 Å². The summed E-state index contributed by atoms with van der Waals surface area (Å²) in [5.41, 5.74) is 9.24. The van der Waals surface area contributed by atoms with Crippen LogP contribution < -0.4 is 19.9 Å². The van der Waals surface area contributed by atoms with E-state index in [1.54, 1.807) is 30.3 Å². The molecule has 0 aliphatic carbocycles. The van der Waals surface area contributed by atoms with Crippen molar-refractivity contribution in [2.75, 3.05) is 6.61 Å². The SMILES string of the molecule is C=CCOc1cccc(C2C(C#N)=C(N)Oc3cc(OC(=O)c4oc5ccccc5c4C)ccc32)c1. The van der Waals surface area contributed by atoms with E-state index in [2.05, 4.69) is 12.6 Å². The molecule has 1 aliphatic heterocycles. The molecule has 3 aromatic carbocycles. The number of nitrogens with two attached hydrogens (primary N) is 1. The highest BCUT2D eigenvalue weighted by molar-refractivity contribution is 5.96. The van der Waals surface area contributed by atoms with Crippen molar-refractivity contribution in [2.24, 2.45) is 5.73 Å². The van der Waals surface area contributed by atoms with Crippen LogP contribution in [0, 0.1) is 18.3 Å². The van der Waals surface area contributed by atoms with Gasteiger partial charge in [-0.3, -0.25) is 0 Å². The first-order chi connectivity index (χ1) is 17.5. The van der Waals surface area contributed by atoms with Gasteiger partial charge in [0.15, 0.2) is 0 Å². The van der Waals surface area contributed by atoms with E-state index in [1.807, 2.05) is 49.4 Å². The van der Waals surface area contributed by atoms with Crippen LogP contribution in [0.2, 0.25) is 0 Å². The van der Waals surface area contributed by atoms with Gasteiger partial charge in [0.25, 0.3) is 0 Å². The number of benzene rings is 3. The van der Waals surface area contributed by atoms with Crippen molar-refractivity contribution in [3.05, 3.63) is 113 Å². The summed E-state index contributed by atoms with van der Waals surface area (Å²) in [4.78, 5) is 12.9. The fraction of sp³-hybridized carbons (Fsp3) is 0.103. The second-order valence-electron chi connectivity index (χ2n) is 8.24. The van der Waals surface area contributed by atoms with Crippen molar-refractivity contribution in [3.8, 4) is 23.3 Å². The first-order valence-electron chi connectivity index (χ1n) is 11.3. The molecule has 1 unspecified atom stereocenters. The predicted molar refractivity (Wildman–Crippen MR) is 134 cm³/mol. The van der Waals surface area contributed by atoms with Crippen LogP contribution in [0.15, 0.2) is 95.3 Å². The number of ether oxygens (including phenoxy) is 3. The summed E-state index contributed by atoms with van der Waals surface area (Å²) < 4.78 is 22.7. The van der Waals surface area contributed by atoms with Crippen LogP contribution in [0.3, 0.4) is 0 Å². The first-order valence-corrected chi connectivity index (χ1v) is 11.3. The molecule has 2 heterocycles. The quantitative estimate of drug-likeness (QED) is 0.214. The minimum Gasteiger partial charge on any atom is -0.490 e. The van der Waals surface area contributed by atoms with E-state index in [0.717, 1.165) is 10.9 Å². The molecule has 0 spiro atoms. The van der Waals surface area contributed by atoms with Crippen LogP contribution in [-0.2, 0) is 0 Å². The molecule has 178 valence electrons. The molecule has 1 atom stereocenters. The average molecular weight is 479 g/mol. The van der Waals surface area contributed by atoms with Crippen molar-refractivity contribution in [1.82, 2.24) is 0 Å². The molecule has 0 bridgehead atoms. The van der Waals surface area contributed by atoms with Gasteiger partial charge in [-0.15, -0.1) is 0 Å². The highest BCUT2D eigenvalue weighted by Gasteiger charge is 2.31. The third kappa shape index (κ3) is 4.05. The maximum atomic E-state index is 12.9. The monoisotopic (exact) mass is 478 g/mol. The fourth-order valence-corrected chi connectivity index (χ4v) is 4.30. The number of allylic oxidation sites excluding steroid dienone is 1. The molecule has 5 rings (SSSR count). The molecule has 7 heteroatoms. The third-order valence-electron chi connectivity index (χ3n) is 5.99. The molecule has 0 saturated heterocycles. The maximum Gasteiger partial charge on any atom is 0.379 e. The minimum atomic E-state index is -0.621. The molecule has 0 fully saturated rings. The van der Waals surface area contributed by atoms with E-state index in [9.17, 15) is 10.1 Å². The van der Waals surface area contributed by atoms with Crippen LogP contribution in [0.4, 0.5) is 0 Å². The summed E-state index contributed by atoms with van der Waals surface area (Å²) in [6, 6.07) is 22.0. The zero-order valence-corrected chi connectivity index (χ0v) is 19.5. The van der Waals surface area contributed by atoms with Crippen LogP contribution in [-0.4, -0.2) is 12.6 Å². The number of hydrogen-bond acceptors (Lipinski definition) is 7. The molecule has 1 aromatic heterocycles. The second kappa shape index (κ2) is 9.35. The Morgan fingerprint density at radius 1 is 1.14 bits per heavy atom. The molecule has 0 radical (unpaired) electrons. The van der Waals surface area contributed by atoms with Crippen molar-refractivity contribution in [2.45, 2.75) is 12.8 Å². The normalized spacial score (nSPS) is 14.5. The number of para-hydroxylation sites is 1. The molecule has 2 N–H and O–H groups in total. The lowest BCUT2D eigenvalue weighted by atomic mass is 9.83. The van der Waals surface area contributed by atoms with Crippen molar-refractivity contribution >= 4 is 16.9 Å². The molecule has 7 nitrogen and oxygen atoms in total. The zero-order chi connectivity index (χ0) is 25.2. The van der Waals surface area contributed by atoms with E-state index < -0.39 is 11.9 Å². The number of fused-ring (bicyclic) bond motifs is 2. The van der Waals surface area contributed by atoms with E-state index in [-0.39, 0.29) is 23.0 Å². The Kier molecular flexibility index (Phi) is 5.93. The summed E-state index contributed by atoms with van der Waals surface area (Å²) in [6.07, 6.45) is 1.66. The average Bonchev–Trinajstić information content (AvgIpc) is 3.23. The van der Waals surface area contributed by atoms with E-state index >= 15 is 0 Å². The summed E-state index contributed by atoms with van der Waals surface area (Å²) in [5, 5.41) is 10.7. The van der Waals surface area contributed by atoms with Crippen LogP contribution >= 0.6 is 0 Å². The van der Waals surface area contributed by atoms with E-state index in [1.165, 1.54) is 0 Å². The Bertz CT molecular complexity index is 1570. The Morgan fingerprint density at radius 3 is 2.75 bits per heavy atom. The van der Waals surface area contributed by atoms with Crippen LogP contribution in [0.1, 0.15) is 33.2 Å². The van der Waals surface area contributed by atoms with Gasteiger partial charge in [-0.1, -0.05) is 49.1 Å². The van der Waals surface area contributed by atoms with Gasteiger partial charge >= 0.3 is 5.97 Å². The van der Waals surface area contributed by atoms with Gasteiger partial charge in [0.05, 0.1) is 5.92 Å². The molecule has 0 saturated carbocycles. The standard InChI is InChI=1S/C29H22N2O5/c1-3-13-33-19-8-6-7-18(14-19)26-22-12-11-20(15-25(22)36-28(31)23(26)16-30)34-29(32)27-17(2)21-9-4-5-10-24(21)35-27/h3-12,14-15,26H,1,13,31H2,2H3. The number of aryl methyl sites for hydroxylation is 1. The lowest BCUT2D eigenvalue weighted by Gasteiger charge is -2.27. The van der Waals surface area contributed by atoms with Gasteiger partial charge in [0.2, 0.25) is 11.6 Å². The number of hydrogen-bond donors (Lipinski definition) is 1. The van der Waals surface area contributed by atoms with Gasteiger partial charge in [-0.05, 0) is 36.8 Å². The van der Waals surface area contributed by atoms with Gasteiger partial charge in [-0.25, -0.2) is 4.79 Å². The molecular weight excluding hydrogens is 456 g/mol. The highest BCUT2D eigenvalue weighted by Crippen LogP contribution is 2.44. The topological polar surface area (TPSA) is 108 Å². The summed E-state index contributed by atoms with van der Waals surface area (Å²) >= 11 is 0. The Hall–Kier alpha value is -4.96. The Balaban J connectivity index is 1.48. The first kappa shape index (κ1) is 22.8. The van der Waals surface area contributed by atoms with E-state index in [4.69, 9.17) is 24.4 Å². The minimum absolute atomic E-state index is 0.0102. The molecular formula is C29H22N2O5. The van der Waals surface area contributed by atoms with Crippen molar-refractivity contribution in [1.29, 1.82) is 5.26 Å². The summed E-state index contributed by atoms with van der Waals surface area (Å²) in [5.74, 6) is 0.314. The molecule has 4 aromatic rings. The number of carbonyl (C=O) groups excluding carboxylic acids is 1. The van der Waals surface area contributed by atoms with Gasteiger partial charge in [0, 0.05) is 22.6 Å². The number of nitriles is 1. The largest absolute Gasteiger partial charge is 0.490 e. The molecule has 1 aliphatic rings. The Labute approximate surface area is 207 Å². The van der Waals surface area contributed by atoms with Gasteiger partial charge in [-0.2, -0.15) is 5.26 Å². The summed E-state index contributed by atoms with van der Waals surface area (Å²) in [7, 11) is 0. The number of rotatable bonds is 6. The second-order valence-corrected chi connectivity index (χ2v) is 8.24. The van der Waals surface area contributed by atoms with Crippen molar-refractivity contribution < 1.29 is 23.4 Å². The maximum absolute atomic E-state index is 12.9. The number of nitrogens with zero attached hydrogens (tertiary/aromatic N) is 1. The van der Waals surface area contributed by atoms with Gasteiger partial charge < -0.3 is 24.4 Å². The zero-order valence-electron chi connectivity index (χ0n) is 19.5. The third-order valence-corrected chi connectivity index (χ3v) is 5.99. The Morgan fingerprint density at radius 2 is 1.97 bits per heavy atom. The number of carbonyl (C=O) groups is 1. The van der Waals surface area contributed by atoms with Gasteiger partial charge in [0.1, 0.15) is 41.1 Å². The number of furan rings is 1. The molecule has 0 amide bonds. The van der Waals surface area contributed by atoms with Crippen molar-refractivity contribution in [3.63, 3.8) is 0 Å². The summed E-state index contributed by atoms with van der Waals surface area (Å²) in [6.45, 7) is 5.83. The lowest BCUT2D eigenvalue weighted by Crippen LogP contribution is -2.21.